The number of anilines is 3. The molecule has 206 valence electrons. The summed E-state index contributed by atoms with van der Waals surface area (Å²) >= 11 is 0. The Morgan fingerprint density at radius 2 is 1.73 bits per heavy atom. The molecule has 0 atom stereocenters. The second kappa shape index (κ2) is 11.2. The zero-order chi connectivity index (χ0) is 28.2. The van der Waals surface area contributed by atoms with Gasteiger partial charge in [-0.3, -0.25) is 14.8 Å². The molecule has 1 aliphatic rings. The molecule has 1 aromatic carbocycles. The molecule has 6 rings (SSSR count). The third-order valence-corrected chi connectivity index (χ3v) is 6.49. The van der Waals surface area contributed by atoms with Crippen molar-refractivity contribution in [3.63, 3.8) is 0 Å². The van der Waals surface area contributed by atoms with Crippen LogP contribution in [0, 0.1) is 11.2 Å². The van der Waals surface area contributed by atoms with Gasteiger partial charge in [0, 0.05) is 36.0 Å². The van der Waals surface area contributed by atoms with E-state index >= 15 is 0 Å². The topological polar surface area (TPSA) is 140 Å². The molecule has 0 saturated carbocycles. The highest BCUT2D eigenvalue weighted by Crippen LogP contribution is 2.36. The van der Waals surface area contributed by atoms with Gasteiger partial charge < -0.3 is 25.1 Å². The lowest BCUT2D eigenvalue weighted by Gasteiger charge is -2.35. The van der Waals surface area contributed by atoms with Gasteiger partial charge in [0.1, 0.15) is 5.82 Å². The molecule has 5 heterocycles. The summed E-state index contributed by atoms with van der Waals surface area (Å²) in [6, 6.07) is 14.8. The number of ether oxygens (including phenoxy) is 2. The predicted octanol–water partition coefficient (Wildman–Crippen LogP) is 4.90. The number of carbonyl (C=O) groups excluding carboxylic acids is 1. The summed E-state index contributed by atoms with van der Waals surface area (Å²) in [6.07, 6.45) is 7.30. The number of aromatic amines is 1. The Bertz CT molecular complexity index is 1640. The lowest BCUT2D eigenvalue weighted by atomic mass is 9.91. The number of benzene rings is 1. The second-order valence-corrected chi connectivity index (χ2v) is 9.69. The number of hydrogen-bond acceptors (Lipinski definition) is 9. The van der Waals surface area contributed by atoms with E-state index in [9.17, 15) is 9.18 Å². The highest BCUT2D eigenvalue weighted by atomic mass is 19.1. The summed E-state index contributed by atoms with van der Waals surface area (Å²) in [5.41, 5.74) is 2.75. The maximum Gasteiger partial charge on any atom is 0.235 e. The van der Waals surface area contributed by atoms with Gasteiger partial charge in [0.25, 0.3) is 0 Å². The summed E-state index contributed by atoms with van der Waals surface area (Å²) in [7, 11) is 0. The SMILES string of the molecule is CC1(C(=O)Nc2ccncc2)COC(c2nc(-c3ccc(F)cc3)c(-c3ccnc(Nc4cccnc4)n3)[nH]2)OC1. The normalized spacial score (nSPS) is 18.5. The molecule has 12 heteroatoms. The van der Waals surface area contributed by atoms with E-state index in [0.717, 1.165) is 5.69 Å². The fourth-order valence-electron chi connectivity index (χ4n) is 4.24. The smallest absolute Gasteiger partial charge is 0.235 e. The van der Waals surface area contributed by atoms with Gasteiger partial charge in [-0.2, -0.15) is 0 Å². The second-order valence-electron chi connectivity index (χ2n) is 9.69. The summed E-state index contributed by atoms with van der Waals surface area (Å²) in [5.74, 6) is 0.150. The molecule has 41 heavy (non-hydrogen) atoms. The maximum absolute atomic E-state index is 13.7. The van der Waals surface area contributed by atoms with Gasteiger partial charge in [-0.05, 0) is 61.5 Å². The van der Waals surface area contributed by atoms with E-state index in [1.165, 1.54) is 12.1 Å². The molecule has 0 spiro atoms. The fourth-order valence-corrected chi connectivity index (χ4v) is 4.24. The number of rotatable bonds is 7. The maximum atomic E-state index is 13.7. The average molecular weight is 553 g/mol. The predicted molar refractivity (Wildman–Crippen MR) is 148 cm³/mol. The Labute approximate surface area is 234 Å². The Morgan fingerprint density at radius 1 is 0.951 bits per heavy atom. The number of halogens is 1. The van der Waals surface area contributed by atoms with Crippen molar-refractivity contribution in [3.8, 4) is 22.6 Å². The van der Waals surface area contributed by atoms with Crippen molar-refractivity contribution < 1.29 is 18.7 Å². The molecule has 1 aliphatic heterocycles. The Hall–Kier alpha value is -5.07. The molecule has 11 nitrogen and oxygen atoms in total. The van der Waals surface area contributed by atoms with E-state index in [4.69, 9.17) is 14.5 Å². The Morgan fingerprint density at radius 3 is 2.46 bits per heavy atom. The third kappa shape index (κ3) is 5.78. The quantitative estimate of drug-likeness (QED) is 0.257. The van der Waals surface area contributed by atoms with E-state index in [-0.39, 0.29) is 24.9 Å². The van der Waals surface area contributed by atoms with Crippen LogP contribution in [0.3, 0.4) is 0 Å². The fraction of sp³-hybridized carbons (Fsp3) is 0.172. The average Bonchev–Trinajstić information content (AvgIpc) is 3.45. The van der Waals surface area contributed by atoms with Crippen molar-refractivity contribution in [2.24, 2.45) is 5.41 Å². The number of imidazole rings is 1. The van der Waals surface area contributed by atoms with Crippen LogP contribution in [0.4, 0.5) is 21.7 Å². The van der Waals surface area contributed by atoms with Crippen molar-refractivity contribution in [2.75, 3.05) is 23.8 Å². The minimum Gasteiger partial charge on any atom is -0.345 e. The molecular weight excluding hydrogens is 527 g/mol. The molecule has 0 bridgehead atoms. The van der Waals surface area contributed by atoms with Gasteiger partial charge in [0.15, 0.2) is 5.82 Å². The largest absolute Gasteiger partial charge is 0.345 e. The summed E-state index contributed by atoms with van der Waals surface area (Å²) in [5, 5.41) is 6.00. The molecular formula is C29H25FN8O3. The molecule has 0 aliphatic carbocycles. The molecule has 5 aromatic rings. The van der Waals surface area contributed by atoms with Crippen LogP contribution < -0.4 is 10.6 Å². The van der Waals surface area contributed by atoms with Gasteiger partial charge in [0.05, 0.1) is 47.6 Å². The number of nitrogens with zero attached hydrogens (tertiary/aromatic N) is 5. The summed E-state index contributed by atoms with van der Waals surface area (Å²) in [4.78, 5) is 38.0. The first kappa shape index (κ1) is 26.2. The van der Waals surface area contributed by atoms with Crippen molar-refractivity contribution >= 4 is 23.2 Å². The van der Waals surface area contributed by atoms with Crippen LogP contribution in [0.2, 0.25) is 0 Å². The molecule has 1 saturated heterocycles. The number of amides is 1. The van der Waals surface area contributed by atoms with Gasteiger partial charge in [0.2, 0.25) is 18.1 Å². The van der Waals surface area contributed by atoms with Crippen LogP contribution in [-0.2, 0) is 14.3 Å². The van der Waals surface area contributed by atoms with Crippen LogP contribution in [0.25, 0.3) is 22.6 Å². The highest BCUT2D eigenvalue weighted by molar-refractivity contribution is 5.95. The van der Waals surface area contributed by atoms with E-state index in [2.05, 4.69) is 35.6 Å². The van der Waals surface area contributed by atoms with Crippen molar-refractivity contribution in [1.82, 2.24) is 29.9 Å². The number of nitrogens with one attached hydrogen (secondary N) is 3. The monoisotopic (exact) mass is 552 g/mol. The molecule has 0 unspecified atom stereocenters. The number of carbonyl (C=O) groups is 1. The van der Waals surface area contributed by atoms with Crippen LogP contribution in [0.5, 0.6) is 0 Å². The van der Waals surface area contributed by atoms with Gasteiger partial charge in [-0.15, -0.1) is 0 Å². The third-order valence-electron chi connectivity index (χ3n) is 6.49. The number of hydrogen-bond donors (Lipinski definition) is 3. The zero-order valence-electron chi connectivity index (χ0n) is 21.9. The van der Waals surface area contributed by atoms with Crippen molar-refractivity contribution in [3.05, 3.63) is 97.2 Å². The first-order valence-corrected chi connectivity index (χ1v) is 12.8. The molecule has 0 radical (unpaired) electrons. The molecule has 3 N–H and O–H groups in total. The first-order chi connectivity index (χ1) is 20.0. The standard InChI is InChI=1S/C29H25FN8O3/c1-29(27(39)34-20-8-12-31-13-9-20)16-40-26(41-17-29)25-37-23(18-4-6-19(30)7-5-18)24(38-25)22-10-14-33-28(36-22)35-21-3-2-11-32-15-21/h2-15,26H,16-17H2,1H3,(H,37,38)(H,31,34,39)(H,33,35,36). The van der Waals surface area contributed by atoms with Crippen LogP contribution in [0.15, 0.2) is 85.6 Å². The van der Waals surface area contributed by atoms with Crippen molar-refractivity contribution in [1.29, 1.82) is 0 Å². The minimum atomic E-state index is -0.922. The Kier molecular flexibility index (Phi) is 7.15. The van der Waals surface area contributed by atoms with Crippen LogP contribution >= 0.6 is 0 Å². The number of aromatic nitrogens is 6. The minimum absolute atomic E-state index is 0.100. The summed E-state index contributed by atoms with van der Waals surface area (Å²) < 4.78 is 25.7. The number of pyridine rings is 2. The van der Waals surface area contributed by atoms with E-state index in [1.807, 2.05) is 6.07 Å². The van der Waals surface area contributed by atoms with Crippen molar-refractivity contribution in [2.45, 2.75) is 13.2 Å². The van der Waals surface area contributed by atoms with Gasteiger partial charge in [-0.25, -0.2) is 19.3 Å². The zero-order valence-corrected chi connectivity index (χ0v) is 21.9. The Balaban J connectivity index is 1.26. The van der Waals surface area contributed by atoms with E-state index < -0.39 is 11.7 Å². The lowest BCUT2D eigenvalue weighted by molar-refractivity contribution is -0.229. The highest BCUT2D eigenvalue weighted by Gasteiger charge is 2.41. The molecule has 1 amide bonds. The molecule has 4 aromatic heterocycles. The summed E-state index contributed by atoms with van der Waals surface area (Å²) in [6.45, 7) is 1.97. The van der Waals surface area contributed by atoms with E-state index in [0.29, 0.717) is 40.1 Å². The first-order valence-electron chi connectivity index (χ1n) is 12.8. The molecule has 1 fully saturated rings. The lowest BCUT2D eigenvalue weighted by Crippen LogP contribution is -2.45. The van der Waals surface area contributed by atoms with Crippen LogP contribution in [0.1, 0.15) is 19.0 Å². The number of H-pyrrole nitrogens is 1. The van der Waals surface area contributed by atoms with Gasteiger partial charge in [-0.1, -0.05) is 0 Å². The van der Waals surface area contributed by atoms with Gasteiger partial charge >= 0.3 is 0 Å². The van der Waals surface area contributed by atoms with E-state index in [1.54, 1.807) is 74.3 Å². The van der Waals surface area contributed by atoms with Crippen LogP contribution in [-0.4, -0.2) is 49.0 Å².